The van der Waals surface area contributed by atoms with Gasteiger partial charge in [-0.15, -0.1) is 0 Å². The van der Waals surface area contributed by atoms with E-state index in [-0.39, 0.29) is 29.0 Å². The molecule has 2 aromatic carbocycles. The van der Waals surface area contributed by atoms with Crippen molar-refractivity contribution in [3.63, 3.8) is 0 Å². The van der Waals surface area contributed by atoms with Crippen LogP contribution in [0.15, 0.2) is 54.1 Å². The number of benzene rings is 2. The molecule has 1 unspecified atom stereocenters. The van der Waals surface area contributed by atoms with Gasteiger partial charge in [-0.05, 0) is 44.9 Å². The molecule has 1 N–H and O–H groups in total. The number of aliphatic hydroxyl groups is 1. The summed E-state index contributed by atoms with van der Waals surface area (Å²) in [5.74, 6) is -1.77. The fourth-order valence-corrected chi connectivity index (χ4v) is 4.56. The summed E-state index contributed by atoms with van der Waals surface area (Å²) in [5, 5.41) is 11.2. The monoisotopic (exact) mass is 423 g/mol. The Labute approximate surface area is 181 Å². The third-order valence-corrected chi connectivity index (χ3v) is 5.88. The van der Waals surface area contributed by atoms with Crippen LogP contribution < -0.4 is 4.74 Å². The molecule has 31 heavy (non-hydrogen) atoms. The van der Waals surface area contributed by atoms with Gasteiger partial charge in [0.25, 0.3) is 11.7 Å². The SMILES string of the molecule is CC(C)Oc1cccc(/C(O)=C2/C(=O)C(=O)N(C3CCCC3)C2c2ccccc2F)c1. The summed E-state index contributed by atoms with van der Waals surface area (Å²) in [6.45, 7) is 3.77. The van der Waals surface area contributed by atoms with Crippen molar-refractivity contribution in [3.8, 4) is 5.75 Å². The molecule has 2 aliphatic rings. The molecular weight excluding hydrogens is 397 g/mol. The lowest BCUT2D eigenvalue weighted by Crippen LogP contribution is -2.38. The van der Waals surface area contributed by atoms with E-state index >= 15 is 0 Å². The first-order valence-electron chi connectivity index (χ1n) is 10.7. The number of amides is 1. The molecule has 162 valence electrons. The van der Waals surface area contributed by atoms with E-state index in [1.165, 1.54) is 11.0 Å². The second-order valence-electron chi connectivity index (χ2n) is 8.36. The topological polar surface area (TPSA) is 66.8 Å². The molecule has 0 bridgehead atoms. The molecule has 0 spiro atoms. The molecule has 6 heteroatoms. The van der Waals surface area contributed by atoms with E-state index < -0.39 is 23.5 Å². The van der Waals surface area contributed by atoms with Crippen LogP contribution in [0.1, 0.15) is 56.7 Å². The van der Waals surface area contributed by atoms with E-state index in [0.29, 0.717) is 11.3 Å². The Bertz CT molecular complexity index is 1040. The minimum atomic E-state index is -0.959. The summed E-state index contributed by atoms with van der Waals surface area (Å²) in [7, 11) is 0. The predicted octanol–water partition coefficient (Wildman–Crippen LogP) is 4.98. The van der Waals surface area contributed by atoms with Crippen LogP contribution in [0, 0.1) is 5.82 Å². The van der Waals surface area contributed by atoms with Crippen molar-refractivity contribution in [1.29, 1.82) is 0 Å². The number of Topliss-reactive ketones (excluding diaryl/α,β-unsaturated/α-hetero) is 1. The molecule has 1 saturated carbocycles. The third-order valence-electron chi connectivity index (χ3n) is 5.88. The van der Waals surface area contributed by atoms with Crippen LogP contribution in [0.3, 0.4) is 0 Å². The van der Waals surface area contributed by atoms with Crippen LogP contribution in [0.4, 0.5) is 4.39 Å². The Morgan fingerprint density at radius 1 is 1.10 bits per heavy atom. The first-order chi connectivity index (χ1) is 14.9. The number of hydrogen-bond acceptors (Lipinski definition) is 4. The molecule has 2 fully saturated rings. The average Bonchev–Trinajstić information content (AvgIpc) is 3.35. The number of aliphatic hydroxyl groups excluding tert-OH is 1. The maximum absolute atomic E-state index is 14.8. The molecule has 1 amide bonds. The number of carbonyl (C=O) groups excluding carboxylic acids is 2. The van der Waals surface area contributed by atoms with Gasteiger partial charge in [0.15, 0.2) is 0 Å². The molecule has 4 rings (SSSR count). The molecule has 1 atom stereocenters. The maximum atomic E-state index is 14.8. The highest BCUT2D eigenvalue weighted by Crippen LogP contribution is 2.44. The zero-order valence-electron chi connectivity index (χ0n) is 17.7. The summed E-state index contributed by atoms with van der Waals surface area (Å²) >= 11 is 0. The van der Waals surface area contributed by atoms with Gasteiger partial charge >= 0.3 is 0 Å². The Balaban J connectivity index is 1.87. The Morgan fingerprint density at radius 2 is 1.81 bits per heavy atom. The molecule has 1 aliphatic heterocycles. The Hall–Kier alpha value is -3.15. The van der Waals surface area contributed by atoms with Gasteiger partial charge < -0.3 is 14.7 Å². The number of likely N-dealkylation sites (tertiary alicyclic amines) is 1. The van der Waals surface area contributed by atoms with Gasteiger partial charge in [-0.1, -0.05) is 43.2 Å². The highest BCUT2D eigenvalue weighted by molar-refractivity contribution is 6.46. The van der Waals surface area contributed by atoms with E-state index in [4.69, 9.17) is 4.74 Å². The van der Waals surface area contributed by atoms with Gasteiger partial charge in [0.2, 0.25) is 0 Å². The summed E-state index contributed by atoms with van der Waals surface area (Å²) in [6, 6.07) is 11.7. The van der Waals surface area contributed by atoms with Crippen molar-refractivity contribution in [2.75, 3.05) is 0 Å². The van der Waals surface area contributed by atoms with Gasteiger partial charge in [0.1, 0.15) is 17.3 Å². The number of halogens is 1. The zero-order chi connectivity index (χ0) is 22.1. The number of nitrogens with zero attached hydrogens (tertiary/aromatic N) is 1. The lowest BCUT2D eigenvalue weighted by Gasteiger charge is -2.31. The highest BCUT2D eigenvalue weighted by atomic mass is 19.1. The number of ether oxygens (including phenoxy) is 1. The number of rotatable bonds is 5. The number of ketones is 1. The number of hydrogen-bond donors (Lipinski definition) is 1. The summed E-state index contributed by atoms with van der Waals surface area (Å²) < 4.78 is 20.5. The molecule has 2 aromatic rings. The summed E-state index contributed by atoms with van der Waals surface area (Å²) in [4.78, 5) is 27.6. The van der Waals surface area contributed by atoms with Crippen molar-refractivity contribution in [1.82, 2.24) is 4.90 Å². The predicted molar refractivity (Wildman–Crippen MR) is 115 cm³/mol. The standard InChI is InChI=1S/C25H26FNO4/c1-15(2)31-18-11-7-8-16(14-18)23(28)21-22(19-12-5-6-13-20(19)26)27(25(30)24(21)29)17-9-3-4-10-17/h5-8,11-15,17,22,28H,3-4,9-10H2,1-2H3/b23-21-. The fraction of sp³-hybridized carbons (Fsp3) is 0.360. The highest BCUT2D eigenvalue weighted by Gasteiger charge is 2.49. The first-order valence-corrected chi connectivity index (χ1v) is 10.7. The molecule has 1 aliphatic carbocycles. The minimum absolute atomic E-state index is 0.0660. The third kappa shape index (κ3) is 3.94. The van der Waals surface area contributed by atoms with Crippen LogP contribution in [-0.2, 0) is 9.59 Å². The fourth-order valence-electron chi connectivity index (χ4n) is 4.56. The van der Waals surface area contributed by atoms with Gasteiger partial charge in [0.05, 0.1) is 17.7 Å². The second kappa shape index (κ2) is 8.53. The van der Waals surface area contributed by atoms with E-state index in [2.05, 4.69) is 0 Å². The largest absolute Gasteiger partial charge is 0.507 e. The first kappa shape index (κ1) is 21.1. The lowest BCUT2D eigenvalue weighted by atomic mass is 9.94. The van der Waals surface area contributed by atoms with Crippen molar-refractivity contribution in [3.05, 3.63) is 71.0 Å². The maximum Gasteiger partial charge on any atom is 0.295 e. The van der Waals surface area contributed by atoms with Gasteiger partial charge in [0, 0.05) is 17.2 Å². The second-order valence-corrected chi connectivity index (χ2v) is 8.36. The zero-order valence-corrected chi connectivity index (χ0v) is 17.7. The molecule has 0 aromatic heterocycles. The smallest absolute Gasteiger partial charge is 0.295 e. The van der Waals surface area contributed by atoms with Crippen molar-refractivity contribution >= 4 is 17.4 Å². The lowest BCUT2D eigenvalue weighted by molar-refractivity contribution is -0.141. The minimum Gasteiger partial charge on any atom is -0.507 e. The summed E-state index contributed by atoms with van der Waals surface area (Å²) in [6.07, 6.45) is 3.35. The van der Waals surface area contributed by atoms with E-state index in [1.54, 1.807) is 42.5 Å². The van der Waals surface area contributed by atoms with E-state index in [1.807, 2.05) is 13.8 Å². The Morgan fingerprint density at radius 3 is 2.48 bits per heavy atom. The average molecular weight is 423 g/mol. The van der Waals surface area contributed by atoms with Crippen LogP contribution in [0.25, 0.3) is 5.76 Å². The Kier molecular flexibility index (Phi) is 5.81. The quantitative estimate of drug-likeness (QED) is 0.419. The van der Waals surface area contributed by atoms with E-state index in [0.717, 1.165) is 25.7 Å². The van der Waals surface area contributed by atoms with Crippen LogP contribution >= 0.6 is 0 Å². The molecule has 1 heterocycles. The molecular formula is C25H26FNO4. The summed E-state index contributed by atoms with van der Waals surface area (Å²) in [5.41, 5.74) is 0.484. The molecule has 1 saturated heterocycles. The number of carbonyl (C=O) groups is 2. The molecule has 0 radical (unpaired) electrons. The van der Waals surface area contributed by atoms with Crippen molar-refractivity contribution in [2.24, 2.45) is 0 Å². The van der Waals surface area contributed by atoms with Crippen LogP contribution in [0.2, 0.25) is 0 Å². The van der Waals surface area contributed by atoms with Gasteiger partial charge in [-0.2, -0.15) is 0 Å². The van der Waals surface area contributed by atoms with Gasteiger partial charge in [-0.25, -0.2) is 4.39 Å². The van der Waals surface area contributed by atoms with E-state index in [9.17, 15) is 19.1 Å². The van der Waals surface area contributed by atoms with Crippen molar-refractivity contribution < 1.29 is 23.8 Å². The van der Waals surface area contributed by atoms with Crippen LogP contribution in [-0.4, -0.2) is 33.8 Å². The van der Waals surface area contributed by atoms with Crippen LogP contribution in [0.5, 0.6) is 5.75 Å². The van der Waals surface area contributed by atoms with Gasteiger partial charge in [-0.3, -0.25) is 9.59 Å². The normalized spacial score (nSPS) is 21.3. The molecule has 5 nitrogen and oxygen atoms in total. The van der Waals surface area contributed by atoms with Crippen molar-refractivity contribution in [2.45, 2.75) is 57.7 Å².